The number of hydrogen-bond donors (Lipinski definition) is 0. The first kappa shape index (κ1) is 14.1. The predicted octanol–water partition coefficient (Wildman–Crippen LogP) is 3.08. The van der Waals surface area contributed by atoms with Crippen LogP contribution in [0.1, 0.15) is 17.9 Å². The molecule has 2 aromatic rings. The molecule has 1 saturated heterocycles. The van der Waals surface area contributed by atoms with E-state index in [1.807, 2.05) is 44.4 Å². The van der Waals surface area contributed by atoms with Crippen molar-refractivity contribution in [3.8, 4) is 11.4 Å². The van der Waals surface area contributed by atoms with Crippen molar-refractivity contribution in [1.82, 2.24) is 9.47 Å². The van der Waals surface area contributed by atoms with Crippen LogP contribution in [0.4, 0.5) is 0 Å². The van der Waals surface area contributed by atoms with E-state index in [4.69, 9.17) is 4.74 Å². The minimum absolute atomic E-state index is 0.109. The fourth-order valence-corrected chi connectivity index (χ4v) is 3.65. The molecule has 1 atom stereocenters. The molecule has 0 aliphatic carbocycles. The zero-order valence-electron chi connectivity index (χ0n) is 12.2. The molecule has 4 nitrogen and oxygen atoms in total. The number of hydrogen-bond acceptors (Lipinski definition) is 3. The molecule has 0 radical (unpaired) electrons. The molecular weight excluding hydrogens is 284 g/mol. The fourth-order valence-electron chi connectivity index (χ4n) is 2.47. The van der Waals surface area contributed by atoms with Gasteiger partial charge >= 0.3 is 0 Å². The van der Waals surface area contributed by atoms with Gasteiger partial charge in [0, 0.05) is 25.0 Å². The minimum atomic E-state index is 0.109. The second-order valence-corrected chi connectivity index (χ2v) is 5.99. The summed E-state index contributed by atoms with van der Waals surface area (Å²) in [6, 6.07) is 10.0. The van der Waals surface area contributed by atoms with E-state index >= 15 is 0 Å². The molecule has 1 unspecified atom stereocenters. The highest BCUT2D eigenvalue weighted by molar-refractivity contribution is 8.00. The zero-order valence-corrected chi connectivity index (χ0v) is 13.0. The maximum Gasteiger partial charge on any atom is 0.233 e. The number of ether oxygens (including phenoxy) is 1. The SMILES string of the molecule is CCOc1ccccc1-n1ccc(C2SCC(=O)N2C)c1. The largest absolute Gasteiger partial charge is 0.492 e. The van der Waals surface area contributed by atoms with Gasteiger partial charge in [-0.3, -0.25) is 4.79 Å². The van der Waals surface area contributed by atoms with Crippen LogP contribution in [-0.2, 0) is 4.79 Å². The molecule has 1 aromatic heterocycles. The Labute approximate surface area is 128 Å². The van der Waals surface area contributed by atoms with Crippen LogP contribution in [0.3, 0.4) is 0 Å². The predicted molar refractivity (Wildman–Crippen MR) is 84.9 cm³/mol. The van der Waals surface area contributed by atoms with Crippen LogP contribution in [0.15, 0.2) is 42.7 Å². The number of para-hydroxylation sites is 2. The number of benzene rings is 1. The van der Waals surface area contributed by atoms with Gasteiger partial charge in [0.2, 0.25) is 5.91 Å². The average molecular weight is 302 g/mol. The number of aromatic nitrogens is 1. The smallest absolute Gasteiger partial charge is 0.233 e. The Morgan fingerprint density at radius 1 is 1.33 bits per heavy atom. The van der Waals surface area contributed by atoms with Crippen molar-refractivity contribution in [2.45, 2.75) is 12.3 Å². The van der Waals surface area contributed by atoms with Crippen molar-refractivity contribution in [3.05, 3.63) is 48.3 Å². The van der Waals surface area contributed by atoms with Crippen LogP contribution in [0.25, 0.3) is 5.69 Å². The second-order valence-electron chi connectivity index (χ2n) is 4.92. The lowest BCUT2D eigenvalue weighted by Crippen LogP contribution is -2.22. The first-order valence-corrected chi connectivity index (χ1v) is 8.03. The van der Waals surface area contributed by atoms with Crippen molar-refractivity contribution in [3.63, 3.8) is 0 Å². The van der Waals surface area contributed by atoms with Crippen LogP contribution in [0, 0.1) is 0 Å². The molecule has 0 bridgehead atoms. The molecule has 2 heterocycles. The van der Waals surface area contributed by atoms with Gasteiger partial charge in [-0.1, -0.05) is 12.1 Å². The molecule has 21 heavy (non-hydrogen) atoms. The minimum Gasteiger partial charge on any atom is -0.492 e. The summed E-state index contributed by atoms with van der Waals surface area (Å²) < 4.78 is 7.73. The lowest BCUT2D eigenvalue weighted by molar-refractivity contribution is -0.126. The van der Waals surface area contributed by atoms with Crippen molar-refractivity contribution in [1.29, 1.82) is 0 Å². The summed E-state index contributed by atoms with van der Waals surface area (Å²) in [6.07, 6.45) is 4.09. The normalized spacial score (nSPS) is 18.3. The second kappa shape index (κ2) is 5.85. The number of carbonyl (C=O) groups excluding carboxylic acids is 1. The number of rotatable bonds is 4. The first-order valence-electron chi connectivity index (χ1n) is 6.98. The van der Waals surface area contributed by atoms with Crippen LogP contribution in [0.2, 0.25) is 0 Å². The van der Waals surface area contributed by atoms with Gasteiger partial charge in [0.25, 0.3) is 0 Å². The van der Waals surface area contributed by atoms with Gasteiger partial charge in [0.1, 0.15) is 11.1 Å². The lowest BCUT2D eigenvalue weighted by atomic mass is 10.3. The van der Waals surface area contributed by atoms with Gasteiger partial charge in [-0.05, 0) is 25.1 Å². The summed E-state index contributed by atoms with van der Waals surface area (Å²) in [4.78, 5) is 13.5. The monoisotopic (exact) mass is 302 g/mol. The quantitative estimate of drug-likeness (QED) is 0.870. The Balaban J connectivity index is 1.90. The maximum atomic E-state index is 11.7. The van der Waals surface area contributed by atoms with E-state index in [0.29, 0.717) is 12.4 Å². The number of nitrogens with zero attached hydrogens (tertiary/aromatic N) is 2. The summed E-state index contributed by atoms with van der Waals surface area (Å²) in [5, 5.41) is 0.109. The summed E-state index contributed by atoms with van der Waals surface area (Å²) in [5.74, 6) is 1.61. The van der Waals surface area contributed by atoms with E-state index in [0.717, 1.165) is 17.0 Å². The first-order chi connectivity index (χ1) is 10.2. The fraction of sp³-hybridized carbons (Fsp3) is 0.312. The summed E-state index contributed by atoms with van der Waals surface area (Å²) in [6.45, 7) is 2.62. The van der Waals surface area contributed by atoms with E-state index in [2.05, 4.69) is 16.8 Å². The molecular formula is C16H18N2O2S. The summed E-state index contributed by atoms with van der Waals surface area (Å²) >= 11 is 1.67. The molecule has 110 valence electrons. The van der Waals surface area contributed by atoms with Gasteiger partial charge in [0.15, 0.2) is 0 Å². The molecule has 0 saturated carbocycles. The van der Waals surface area contributed by atoms with E-state index in [1.54, 1.807) is 16.7 Å². The summed E-state index contributed by atoms with van der Waals surface area (Å²) in [5.41, 5.74) is 2.15. The highest BCUT2D eigenvalue weighted by atomic mass is 32.2. The number of thioether (sulfide) groups is 1. The van der Waals surface area contributed by atoms with Crippen LogP contribution >= 0.6 is 11.8 Å². The Kier molecular flexibility index (Phi) is 3.92. The number of carbonyl (C=O) groups is 1. The van der Waals surface area contributed by atoms with Crippen molar-refractivity contribution < 1.29 is 9.53 Å². The molecule has 5 heteroatoms. The van der Waals surface area contributed by atoms with Gasteiger partial charge in [0.05, 0.1) is 18.0 Å². The third-order valence-corrected chi connectivity index (χ3v) is 4.87. The van der Waals surface area contributed by atoms with Crippen LogP contribution in [-0.4, -0.2) is 34.8 Å². The topological polar surface area (TPSA) is 34.5 Å². The summed E-state index contributed by atoms with van der Waals surface area (Å²) in [7, 11) is 1.86. The molecule has 1 aliphatic heterocycles. The average Bonchev–Trinajstić information content (AvgIpc) is 3.08. The Bertz CT molecular complexity index is 653. The Morgan fingerprint density at radius 3 is 2.86 bits per heavy atom. The molecule has 1 aromatic carbocycles. The van der Waals surface area contributed by atoms with Crippen LogP contribution in [0.5, 0.6) is 5.75 Å². The molecule has 1 amide bonds. The number of amides is 1. The maximum absolute atomic E-state index is 11.7. The highest BCUT2D eigenvalue weighted by Crippen LogP contribution is 2.38. The van der Waals surface area contributed by atoms with Gasteiger partial charge in [-0.25, -0.2) is 0 Å². The zero-order chi connectivity index (χ0) is 14.8. The van der Waals surface area contributed by atoms with Crippen LogP contribution < -0.4 is 4.74 Å². The van der Waals surface area contributed by atoms with E-state index in [9.17, 15) is 4.79 Å². The highest BCUT2D eigenvalue weighted by Gasteiger charge is 2.30. The van der Waals surface area contributed by atoms with Gasteiger partial charge in [-0.15, -0.1) is 11.8 Å². The van der Waals surface area contributed by atoms with E-state index in [1.165, 1.54) is 0 Å². The van der Waals surface area contributed by atoms with Gasteiger partial charge < -0.3 is 14.2 Å². The third kappa shape index (κ3) is 2.65. The molecule has 0 N–H and O–H groups in total. The standard InChI is InChI=1S/C16H18N2O2S/c1-3-20-14-7-5-4-6-13(14)18-9-8-12(10-18)16-17(2)15(19)11-21-16/h4-10,16H,3,11H2,1-2H3. The molecule has 1 fully saturated rings. The Morgan fingerprint density at radius 2 is 2.14 bits per heavy atom. The molecule has 0 spiro atoms. The lowest BCUT2D eigenvalue weighted by Gasteiger charge is -2.17. The van der Waals surface area contributed by atoms with E-state index < -0.39 is 0 Å². The molecule has 1 aliphatic rings. The Hall–Kier alpha value is -1.88. The van der Waals surface area contributed by atoms with Gasteiger partial charge in [-0.2, -0.15) is 0 Å². The third-order valence-electron chi connectivity index (χ3n) is 3.55. The molecule has 3 rings (SSSR count). The van der Waals surface area contributed by atoms with Crippen molar-refractivity contribution in [2.24, 2.45) is 0 Å². The van der Waals surface area contributed by atoms with E-state index in [-0.39, 0.29) is 11.3 Å². The van der Waals surface area contributed by atoms with Crippen molar-refractivity contribution >= 4 is 17.7 Å². The van der Waals surface area contributed by atoms with Crippen molar-refractivity contribution in [2.75, 3.05) is 19.4 Å².